The third-order valence-electron chi connectivity index (χ3n) is 3.02. The van der Waals surface area contributed by atoms with E-state index in [2.05, 4.69) is 0 Å². The minimum absolute atomic E-state index is 0.0830. The molecule has 1 aromatic heterocycles. The van der Waals surface area contributed by atoms with Gasteiger partial charge in [0.05, 0.1) is 17.0 Å². The highest BCUT2D eigenvalue weighted by Gasteiger charge is 2.12. The van der Waals surface area contributed by atoms with Crippen LogP contribution in [0.25, 0.3) is 10.9 Å². The molecule has 0 aliphatic heterocycles. The van der Waals surface area contributed by atoms with Crippen LogP contribution in [0.1, 0.15) is 0 Å². The molecule has 22 heavy (non-hydrogen) atoms. The van der Waals surface area contributed by atoms with Crippen molar-refractivity contribution in [2.24, 2.45) is 0 Å². The van der Waals surface area contributed by atoms with Crippen molar-refractivity contribution in [3.63, 3.8) is 0 Å². The molecule has 0 fully saturated rings. The van der Waals surface area contributed by atoms with Gasteiger partial charge in [0.25, 0.3) is 11.2 Å². The second kappa shape index (κ2) is 6.81. The van der Waals surface area contributed by atoms with E-state index in [-0.39, 0.29) is 31.0 Å². The Bertz CT molecular complexity index is 768. The lowest BCUT2D eigenvalue weighted by atomic mass is 10.2. The van der Waals surface area contributed by atoms with Crippen LogP contribution in [-0.2, 0) is 20.8 Å². The van der Waals surface area contributed by atoms with E-state index in [9.17, 15) is 19.7 Å². The summed E-state index contributed by atoms with van der Waals surface area (Å²) in [5.74, 6) is -0.579. The number of nitro groups is 1. The van der Waals surface area contributed by atoms with Crippen molar-refractivity contribution < 1.29 is 19.2 Å². The molecule has 0 bridgehead atoms. The van der Waals surface area contributed by atoms with E-state index in [4.69, 9.17) is 9.47 Å². The zero-order valence-electron chi connectivity index (χ0n) is 11.9. The van der Waals surface area contributed by atoms with Crippen molar-refractivity contribution in [2.45, 2.75) is 6.54 Å². The molecule has 0 spiro atoms. The summed E-state index contributed by atoms with van der Waals surface area (Å²) in [5, 5.41) is 11.3. The van der Waals surface area contributed by atoms with E-state index in [1.807, 2.05) is 0 Å². The van der Waals surface area contributed by atoms with E-state index < -0.39 is 10.9 Å². The van der Waals surface area contributed by atoms with Gasteiger partial charge in [0.2, 0.25) is 0 Å². The average Bonchev–Trinajstić information content (AvgIpc) is 2.50. The largest absolute Gasteiger partial charge is 0.462 e. The fourth-order valence-electron chi connectivity index (χ4n) is 1.98. The van der Waals surface area contributed by atoms with Crippen molar-refractivity contribution >= 4 is 22.6 Å². The number of benzene rings is 1. The molecule has 2 aromatic rings. The molecule has 8 heteroatoms. The zero-order chi connectivity index (χ0) is 16.1. The monoisotopic (exact) mass is 306 g/mol. The summed E-state index contributed by atoms with van der Waals surface area (Å²) >= 11 is 0. The van der Waals surface area contributed by atoms with E-state index in [0.717, 1.165) is 0 Å². The van der Waals surface area contributed by atoms with Crippen molar-refractivity contribution in [1.82, 2.24) is 4.57 Å². The smallest absolute Gasteiger partial charge is 0.326 e. The number of aromatic nitrogens is 1. The molecule has 1 aromatic carbocycles. The van der Waals surface area contributed by atoms with Crippen molar-refractivity contribution in [2.75, 3.05) is 20.3 Å². The zero-order valence-corrected chi connectivity index (χ0v) is 11.9. The second-order valence-electron chi connectivity index (χ2n) is 4.47. The predicted octanol–water partition coefficient (Wildman–Crippen LogP) is 1.10. The molecule has 0 aliphatic rings. The first-order valence-electron chi connectivity index (χ1n) is 6.45. The van der Waals surface area contributed by atoms with E-state index >= 15 is 0 Å². The van der Waals surface area contributed by atoms with Crippen LogP contribution in [0, 0.1) is 10.1 Å². The lowest BCUT2D eigenvalue weighted by molar-refractivity contribution is -0.384. The minimum atomic E-state index is -0.579. The lowest BCUT2D eigenvalue weighted by Gasteiger charge is -2.10. The number of ether oxygens (including phenoxy) is 2. The van der Waals surface area contributed by atoms with Crippen LogP contribution in [0.3, 0.4) is 0 Å². The van der Waals surface area contributed by atoms with Gasteiger partial charge < -0.3 is 9.47 Å². The van der Waals surface area contributed by atoms with Crippen LogP contribution in [-0.4, -0.2) is 35.8 Å². The Morgan fingerprint density at radius 1 is 1.27 bits per heavy atom. The van der Waals surface area contributed by atoms with Gasteiger partial charge in [0, 0.05) is 30.7 Å². The summed E-state index contributed by atoms with van der Waals surface area (Å²) in [6.07, 6.45) is 0. The van der Waals surface area contributed by atoms with E-state index in [1.54, 1.807) is 0 Å². The molecule has 1 heterocycles. The first kappa shape index (κ1) is 15.6. The number of hydrogen-bond acceptors (Lipinski definition) is 6. The molecule has 0 unspecified atom stereocenters. The fourth-order valence-corrected chi connectivity index (χ4v) is 1.98. The number of rotatable bonds is 6. The number of non-ortho nitro benzene ring substituents is 1. The van der Waals surface area contributed by atoms with Gasteiger partial charge in [-0.2, -0.15) is 0 Å². The highest BCUT2D eigenvalue weighted by molar-refractivity contribution is 5.82. The number of pyridine rings is 1. The van der Waals surface area contributed by atoms with Crippen molar-refractivity contribution in [3.8, 4) is 0 Å². The van der Waals surface area contributed by atoms with Crippen LogP contribution in [0.5, 0.6) is 0 Å². The standard InChI is InChI=1S/C14H14N2O6/c1-21-6-7-22-14(18)9-15-12-4-3-11(16(19)20)8-10(12)2-5-13(15)17/h2-5,8H,6-7,9H2,1H3. The maximum Gasteiger partial charge on any atom is 0.326 e. The number of hydrogen-bond donors (Lipinski definition) is 0. The highest BCUT2D eigenvalue weighted by Crippen LogP contribution is 2.19. The Morgan fingerprint density at radius 3 is 2.73 bits per heavy atom. The molecular weight excluding hydrogens is 292 g/mol. The first-order chi connectivity index (χ1) is 10.5. The summed E-state index contributed by atoms with van der Waals surface area (Å²) in [6, 6.07) is 6.82. The fraction of sp³-hybridized carbons (Fsp3) is 0.286. The summed E-state index contributed by atoms with van der Waals surface area (Å²) in [4.78, 5) is 33.9. The molecular formula is C14H14N2O6. The van der Waals surface area contributed by atoms with Gasteiger partial charge in [0.1, 0.15) is 13.2 Å². The first-order valence-corrected chi connectivity index (χ1v) is 6.45. The Kier molecular flexibility index (Phi) is 4.84. The molecule has 0 N–H and O–H groups in total. The van der Waals surface area contributed by atoms with Crippen LogP contribution in [0.15, 0.2) is 35.1 Å². The van der Waals surface area contributed by atoms with Gasteiger partial charge in [-0.3, -0.25) is 24.3 Å². The number of carbonyl (C=O) groups is 1. The minimum Gasteiger partial charge on any atom is -0.462 e. The quantitative estimate of drug-likeness (QED) is 0.343. The normalized spacial score (nSPS) is 10.6. The number of fused-ring (bicyclic) bond motifs is 1. The van der Waals surface area contributed by atoms with Crippen molar-refractivity contribution in [3.05, 3.63) is 50.8 Å². The van der Waals surface area contributed by atoms with Gasteiger partial charge in [-0.25, -0.2) is 0 Å². The summed E-state index contributed by atoms with van der Waals surface area (Å²) in [5.41, 5.74) is -0.0350. The summed E-state index contributed by atoms with van der Waals surface area (Å²) in [6.45, 7) is 0.0976. The number of nitrogens with zero attached hydrogens (tertiary/aromatic N) is 2. The highest BCUT2D eigenvalue weighted by atomic mass is 16.6. The molecule has 0 saturated heterocycles. The maximum absolute atomic E-state index is 11.9. The van der Waals surface area contributed by atoms with Crippen molar-refractivity contribution in [1.29, 1.82) is 0 Å². The SMILES string of the molecule is COCCOC(=O)Cn1c(=O)ccc2cc([N+](=O)[O-])ccc21. The van der Waals surface area contributed by atoms with Gasteiger partial charge in [-0.1, -0.05) is 0 Å². The van der Waals surface area contributed by atoms with Gasteiger partial charge in [-0.05, 0) is 12.1 Å². The topological polar surface area (TPSA) is 101 Å². The molecule has 8 nitrogen and oxygen atoms in total. The van der Waals surface area contributed by atoms with Crippen LogP contribution in [0.2, 0.25) is 0 Å². The average molecular weight is 306 g/mol. The molecule has 116 valence electrons. The lowest BCUT2D eigenvalue weighted by Crippen LogP contribution is -2.25. The summed E-state index contributed by atoms with van der Waals surface area (Å²) in [7, 11) is 1.48. The van der Waals surface area contributed by atoms with Crippen LogP contribution < -0.4 is 5.56 Å². The Balaban J connectivity index is 2.32. The van der Waals surface area contributed by atoms with Crippen LogP contribution >= 0.6 is 0 Å². The molecule has 0 atom stereocenters. The number of carbonyl (C=O) groups excluding carboxylic acids is 1. The maximum atomic E-state index is 11.9. The van der Waals surface area contributed by atoms with Gasteiger partial charge >= 0.3 is 5.97 Å². The Morgan fingerprint density at radius 2 is 2.05 bits per heavy atom. The van der Waals surface area contributed by atoms with Crippen LogP contribution in [0.4, 0.5) is 5.69 Å². The Hall–Kier alpha value is -2.74. The third kappa shape index (κ3) is 3.47. The second-order valence-corrected chi connectivity index (χ2v) is 4.47. The Labute approximate surface area is 125 Å². The third-order valence-corrected chi connectivity index (χ3v) is 3.02. The molecule has 0 saturated carbocycles. The van der Waals surface area contributed by atoms with Gasteiger partial charge in [0.15, 0.2) is 0 Å². The number of esters is 1. The molecule has 0 amide bonds. The molecule has 2 rings (SSSR count). The summed E-state index contributed by atoms with van der Waals surface area (Å²) < 4.78 is 10.9. The predicted molar refractivity (Wildman–Crippen MR) is 77.7 cm³/mol. The van der Waals surface area contributed by atoms with E-state index in [0.29, 0.717) is 10.9 Å². The number of nitro benzene ring substituents is 1. The van der Waals surface area contributed by atoms with E-state index in [1.165, 1.54) is 42.0 Å². The molecule has 0 aliphatic carbocycles. The van der Waals surface area contributed by atoms with Gasteiger partial charge in [-0.15, -0.1) is 0 Å². The molecule has 0 radical (unpaired) electrons. The number of methoxy groups -OCH3 is 1.